The summed E-state index contributed by atoms with van der Waals surface area (Å²) in [5, 5.41) is 10.4. The van der Waals surface area contributed by atoms with Crippen LogP contribution >= 0.6 is 0 Å². The lowest BCUT2D eigenvalue weighted by molar-refractivity contribution is -0.233. The molecule has 2 aliphatic heterocycles. The van der Waals surface area contributed by atoms with Crippen molar-refractivity contribution < 1.29 is 28.9 Å². The van der Waals surface area contributed by atoms with Crippen LogP contribution in [0.4, 0.5) is 0 Å². The largest absolute Gasteiger partial charge is 0.462 e. The van der Waals surface area contributed by atoms with Crippen molar-refractivity contribution in [2.24, 2.45) is 17.3 Å². The number of rotatable bonds is 2. The smallest absolute Gasteiger partial charge is 0.334 e. The molecule has 1 aliphatic carbocycles. The van der Waals surface area contributed by atoms with E-state index in [4.69, 9.17) is 14.2 Å². The van der Waals surface area contributed by atoms with Gasteiger partial charge in [-0.05, 0) is 12.0 Å². The Labute approximate surface area is 134 Å². The van der Waals surface area contributed by atoms with Crippen LogP contribution in [0.25, 0.3) is 0 Å². The summed E-state index contributed by atoms with van der Waals surface area (Å²) < 4.78 is 16.3. The maximum absolute atomic E-state index is 12.0. The van der Waals surface area contributed by atoms with Gasteiger partial charge in [0.25, 0.3) is 0 Å². The van der Waals surface area contributed by atoms with Crippen molar-refractivity contribution in [3.8, 4) is 0 Å². The number of hydrogen-bond acceptors (Lipinski definition) is 6. The van der Waals surface area contributed by atoms with Gasteiger partial charge in [-0.2, -0.15) is 0 Å². The van der Waals surface area contributed by atoms with E-state index < -0.39 is 41.8 Å². The van der Waals surface area contributed by atoms with Crippen molar-refractivity contribution in [3.63, 3.8) is 0 Å². The number of esters is 2. The topological polar surface area (TPSA) is 82.1 Å². The highest BCUT2D eigenvalue weighted by atomic mass is 16.6. The Morgan fingerprint density at radius 1 is 1.48 bits per heavy atom. The van der Waals surface area contributed by atoms with Crippen molar-refractivity contribution in [1.82, 2.24) is 0 Å². The number of hydrogen-bond donors (Lipinski definition) is 1. The van der Waals surface area contributed by atoms with Crippen molar-refractivity contribution in [2.75, 3.05) is 6.61 Å². The molecule has 0 aromatic rings. The third-order valence-electron chi connectivity index (χ3n) is 5.15. The van der Waals surface area contributed by atoms with Crippen molar-refractivity contribution >= 4 is 11.9 Å². The number of carbonyl (C=O) groups is 2. The van der Waals surface area contributed by atoms with Crippen LogP contribution in [0.3, 0.4) is 0 Å². The predicted molar refractivity (Wildman–Crippen MR) is 79.9 cm³/mol. The molecule has 2 heterocycles. The SMILES string of the molecule is C=C[C@]12C[C@H](OC(C)=O)[C@H]3C(=C)C(=O)O[C@@H]3[C@H]1C(=C)CO[C@H]2O. The molecule has 0 unspecified atom stereocenters. The van der Waals surface area contributed by atoms with Crippen LogP contribution in [0.1, 0.15) is 13.3 Å². The van der Waals surface area contributed by atoms with E-state index in [-0.39, 0.29) is 24.5 Å². The number of ether oxygens (including phenoxy) is 3. The standard InChI is InChI=1S/C17H20O6/c1-5-17-6-11(22-10(4)18)12-9(3)15(19)23-14(12)13(17)8(2)7-21-16(17)20/h5,11-14,16,20H,1-3,6-7H2,4H3/t11-,12+,13+,14-,16+,17-/m0/s1. The van der Waals surface area contributed by atoms with Gasteiger partial charge >= 0.3 is 11.9 Å². The normalized spacial score (nSPS) is 42.5. The lowest BCUT2D eigenvalue weighted by atomic mass is 9.57. The van der Waals surface area contributed by atoms with Gasteiger partial charge in [0.15, 0.2) is 6.29 Å². The molecular weight excluding hydrogens is 300 g/mol. The minimum absolute atomic E-state index is 0.174. The first-order valence-electron chi connectivity index (χ1n) is 7.49. The molecule has 2 saturated heterocycles. The summed E-state index contributed by atoms with van der Waals surface area (Å²) in [7, 11) is 0. The molecule has 6 nitrogen and oxygen atoms in total. The highest BCUT2D eigenvalue weighted by Crippen LogP contribution is 2.57. The third kappa shape index (κ3) is 2.16. The van der Waals surface area contributed by atoms with Gasteiger partial charge < -0.3 is 19.3 Å². The van der Waals surface area contributed by atoms with E-state index in [0.29, 0.717) is 5.57 Å². The quantitative estimate of drug-likeness (QED) is 0.466. The fourth-order valence-electron chi connectivity index (χ4n) is 4.16. The lowest BCUT2D eigenvalue weighted by Crippen LogP contribution is -2.60. The molecule has 3 rings (SSSR count). The summed E-state index contributed by atoms with van der Waals surface area (Å²) in [6, 6.07) is 0. The van der Waals surface area contributed by atoms with Gasteiger partial charge in [0, 0.05) is 18.4 Å². The van der Waals surface area contributed by atoms with E-state index in [1.807, 2.05) is 0 Å². The van der Waals surface area contributed by atoms with Gasteiger partial charge in [-0.15, -0.1) is 6.58 Å². The number of fused-ring (bicyclic) bond motifs is 3. The monoisotopic (exact) mass is 320 g/mol. The van der Waals surface area contributed by atoms with E-state index in [1.54, 1.807) is 6.08 Å². The molecule has 1 saturated carbocycles. The van der Waals surface area contributed by atoms with E-state index in [2.05, 4.69) is 19.7 Å². The lowest BCUT2D eigenvalue weighted by Gasteiger charge is -2.54. The number of aliphatic hydroxyl groups is 1. The van der Waals surface area contributed by atoms with E-state index in [1.165, 1.54) is 6.92 Å². The van der Waals surface area contributed by atoms with Gasteiger partial charge in [-0.25, -0.2) is 4.79 Å². The second kappa shape index (κ2) is 5.32. The molecule has 0 radical (unpaired) electrons. The zero-order valence-corrected chi connectivity index (χ0v) is 13.0. The Hall–Kier alpha value is -1.92. The Morgan fingerprint density at radius 3 is 2.78 bits per heavy atom. The van der Waals surface area contributed by atoms with Crippen LogP contribution < -0.4 is 0 Å². The summed E-state index contributed by atoms with van der Waals surface area (Å²) in [5.74, 6) is -1.79. The molecule has 124 valence electrons. The first kappa shape index (κ1) is 16.0. The van der Waals surface area contributed by atoms with E-state index >= 15 is 0 Å². The Balaban J connectivity index is 2.09. The molecular formula is C17H20O6. The van der Waals surface area contributed by atoms with Crippen molar-refractivity contribution in [3.05, 3.63) is 37.0 Å². The Kier molecular flexibility index (Phi) is 3.69. The van der Waals surface area contributed by atoms with E-state index in [0.717, 1.165) is 0 Å². The van der Waals surface area contributed by atoms with Crippen molar-refractivity contribution in [1.29, 1.82) is 0 Å². The van der Waals surface area contributed by atoms with Gasteiger partial charge in [-0.1, -0.05) is 19.2 Å². The minimum atomic E-state index is -1.14. The van der Waals surface area contributed by atoms with Gasteiger partial charge in [0.05, 0.1) is 17.9 Å². The zero-order valence-electron chi connectivity index (χ0n) is 13.0. The minimum Gasteiger partial charge on any atom is -0.462 e. The maximum atomic E-state index is 12.0. The summed E-state index contributed by atoms with van der Waals surface area (Å²) in [6.07, 6.45) is -0.527. The molecule has 23 heavy (non-hydrogen) atoms. The Morgan fingerprint density at radius 2 is 2.17 bits per heavy atom. The van der Waals surface area contributed by atoms with Gasteiger partial charge in [0.1, 0.15) is 12.2 Å². The number of carbonyl (C=O) groups excluding carboxylic acids is 2. The fraction of sp³-hybridized carbons (Fsp3) is 0.529. The molecule has 0 bridgehead atoms. The van der Waals surface area contributed by atoms with Crippen LogP contribution in [0.5, 0.6) is 0 Å². The summed E-state index contributed by atoms with van der Waals surface area (Å²) >= 11 is 0. The summed E-state index contributed by atoms with van der Waals surface area (Å²) in [5.41, 5.74) is 0.0725. The van der Waals surface area contributed by atoms with E-state index in [9.17, 15) is 14.7 Å². The van der Waals surface area contributed by atoms with Gasteiger partial charge in [-0.3, -0.25) is 4.79 Å². The predicted octanol–water partition coefficient (Wildman–Crippen LogP) is 1.11. The highest BCUT2D eigenvalue weighted by Gasteiger charge is 2.63. The van der Waals surface area contributed by atoms with Gasteiger partial charge in [0.2, 0.25) is 0 Å². The highest BCUT2D eigenvalue weighted by molar-refractivity contribution is 5.91. The van der Waals surface area contributed by atoms with Crippen LogP contribution in [0.2, 0.25) is 0 Å². The fourth-order valence-corrected chi connectivity index (χ4v) is 4.16. The summed E-state index contributed by atoms with van der Waals surface area (Å²) in [6.45, 7) is 13.1. The zero-order chi connectivity index (χ0) is 16.9. The maximum Gasteiger partial charge on any atom is 0.334 e. The summed E-state index contributed by atoms with van der Waals surface area (Å²) in [4.78, 5) is 23.5. The second-order valence-electron chi connectivity index (χ2n) is 6.39. The van der Waals surface area contributed by atoms with Crippen molar-refractivity contribution in [2.45, 2.75) is 31.8 Å². The average Bonchev–Trinajstić information content (AvgIpc) is 2.78. The molecule has 0 spiro atoms. The molecule has 0 amide bonds. The third-order valence-corrected chi connectivity index (χ3v) is 5.15. The van der Waals surface area contributed by atoms with Crippen LogP contribution in [-0.2, 0) is 23.8 Å². The first-order chi connectivity index (χ1) is 10.8. The molecule has 0 aromatic carbocycles. The molecule has 3 fully saturated rings. The van der Waals surface area contributed by atoms with Crippen LogP contribution in [0.15, 0.2) is 37.0 Å². The average molecular weight is 320 g/mol. The van der Waals surface area contributed by atoms with Crippen LogP contribution in [-0.4, -0.2) is 42.1 Å². The molecule has 6 heteroatoms. The second-order valence-corrected chi connectivity index (χ2v) is 6.39. The first-order valence-corrected chi connectivity index (χ1v) is 7.49. The number of aliphatic hydroxyl groups excluding tert-OH is 1. The van der Waals surface area contributed by atoms with Crippen LogP contribution in [0, 0.1) is 17.3 Å². The molecule has 3 aliphatic rings. The Bertz CT molecular complexity index is 608. The molecule has 0 aromatic heterocycles. The molecule has 6 atom stereocenters. The molecule has 1 N–H and O–H groups in total.